The van der Waals surface area contributed by atoms with Crippen molar-refractivity contribution in [2.45, 2.75) is 0 Å². The van der Waals surface area contributed by atoms with Gasteiger partial charge in [-0.1, -0.05) is 18.2 Å². The van der Waals surface area contributed by atoms with Crippen molar-refractivity contribution in [1.82, 2.24) is 4.57 Å². The van der Waals surface area contributed by atoms with Gasteiger partial charge in [0.15, 0.2) is 0 Å². The minimum Gasteiger partial charge on any atom is -0.477 e. The van der Waals surface area contributed by atoms with Gasteiger partial charge < -0.3 is 14.6 Å². The first-order chi connectivity index (χ1) is 10.1. The Balaban J connectivity index is 2.22. The molecule has 21 heavy (non-hydrogen) atoms. The molecule has 1 heterocycles. The summed E-state index contributed by atoms with van der Waals surface area (Å²) in [6.07, 6.45) is 0. The van der Waals surface area contributed by atoms with Crippen molar-refractivity contribution < 1.29 is 9.90 Å². The number of carboxylic acid groups (broad SMARTS) is 1. The molecule has 3 aromatic rings. The minimum atomic E-state index is -0.928. The molecule has 0 bridgehead atoms. The lowest BCUT2D eigenvalue weighted by Gasteiger charge is -2.14. The molecule has 1 aromatic heterocycles. The first-order valence-electron chi connectivity index (χ1n) is 6.69. The number of fused-ring (bicyclic) bond motifs is 1. The van der Waals surface area contributed by atoms with E-state index in [2.05, 4.69) is 0 Å². The quantitative estimate of drug-likeness (QED) is 0.800. The Hall–Kier alpha value is -2.75. The van der Waals surface area contributed by atoms with E-state index in [1.807, 2.05) is 67.5 Å². The SMILES string of the molecule is CN(C)c1ccc(-n2c(C(=O)O)cc3ccccc32)cc1. The van der Waals surface area contributed by atoms with Gasteiger partial charge in [-0.2, -0.15) is 0 Å². The third kappa shape index (κ3) is 2.25. The number of carbonyl (C=O) groups is 1. The number of hydrogen-bond donors (Lipinski definition) is 1. The van der Waals surface area contributed by atoms with Crippen LogP contribution in [0.2, 0.25) is 0 Å². The van der Waals surface area contributed by atoms with Gasteiger partial charge in [0.25, 0.3) is 0 Å². The standard InChI is InChI=1S/C17H16N2O2/c1-18(2)13-7-9-14(10-8-13)19-15-6-4-3-5-12(15)11-16(19)17(20)21/h3-11H,1-2H3,(H,20,21). The Bertz CT molecular complexity index is 801. The van der Waals surface area contributed by atoms with E-state index in [9.17, 15) is 9.90 Å². The van der Waals surface area contributed by atoms with Gasteiger partial charge in [-0.25, -0.2) is 4.79 Å². The van der Waals surface area contributed by atoms with Gasteiger partial charge in [0.05, 0.1) is 5.52 Å². The summed E-state index contributed by atoms with van der Waals surface area (Å²) in [4.78, 5) is 13.5. The molecule has 0 saturated heterocycles. The summed E-state index contributed by atoms with van der Waals surface area (Å²) in [7, 11) is 3.95. The maximum atomic E-state index is 11.5. The third-order valence-electron chi connectivity index (χ3n) is 3.55. The maximum Gasteiger partial charge on any atom is 0.352 e. The first-order valence-corrected chi connectivity index (χ1v) is 6.69. The molecule has 2 aromatic carbocycles. The number of aromatic nitrogens is 1. The van der Waals surface area contributed by atoms with Gasteiger partial charge >= 0.3 is 5.97 Å². The molecule has 0 unspecified atom stereocenters. The molecule has 1 N–H and O–H groups in total. The molecule has 4 heteroatoms. The van der Waals surface area contributed by atoms with Crippen LogP contribution in [0.5, 0.6) is 0 Å². The lowest BCUT2D eigenvalue weighted by atomic mass is 10.2. The number of nitrogens with zero attached hydrogens (tertiary/aromatic N) is 2. The molecule has 0 aliphatic rings. The van der Waals surface area contributed by atoms with Gasteiger partial charge in [0.2, 0.25) is 0 Å². The number of anilines is 1. The zero-order valence-corrected chi connectivity index (χ0v) is 11.9. The van der Waals surface area contributed by atoms with Crippen LogP contribution in [0.1, 0.15) is 10.5 Å². The number of carboxylic acids is 1. The van der Waals surface area contributed by atoms with Crippen LogP contribution in [-0.4, -0.2) is 29.7 Å². The largest absolute Gasteiger partial charge is 0.477 e. The summed E-state index contributed by atoms with van der Waals surface area (Å²) in [6.45, 7) is 0. The Kier molecular flexibility index (Phi) is 3.14. The molecule has 4 nitrogen and oxygen atoms in total. The van der Waals surface area contributed by atoms with E-state index >= 15 is 0 Å². The van der Waals surface area contributed by atoms with Crippen LogP contribution in [0.3, 0.4) is 0 Å². The zero-order valence-electron chi connectivity index (χ0n) is 11.9. The fraction of sp³-hybridized carbons (Fsp3) is 0.118. The molecular formula is C17H16N2O2. The predicted octanol–water partition coefficient (Wildman–Crippen LogP) is 3.39. The van der Waals surface area contributed by atoms with Crippen LogP contribution in [0.4, 0.5) is 5.69 Å². The minimum absolute atomic E-state index is 0.272. The van der Waals surface area contributed by atoms with Crippen molar-refractivity contribution >= 4 is 22.6 Å². The van der Waals surface area contributed by atoms with Crippen LogP contribution < -0.4 is 4.90 Å². The van der Waals surface area contributed by atoms with E-state index in [0.29, 0.717) is 0 Å². The number of hydrogen-bond acceptors (Lipinski definition) is 2. The van der Waals surface area contributed by atoms with Gasteiger partial charge in [-0.05, 0) is 36.4 Å². The topological polar surface area (TPSA) is 45.5 Å². The Morgan fingerprint density at radius 3 is 2.33 bits per heavy atom. The van der Waals surface area contributed by atoms with Crippen LogP contribution in [0.25, 0.3) is 16.6 Å². The van der Waals surface area contributed by atoms with Crippen molar-refractivity contribution in [3.8, 4) is 5.69 Å². The molecule has 0 aliphatic carbocycles. The van der Waals surface area contributed by atoms with Crippen LogP contribution in [0.15, 0.2) is 54.6 Å². The fourth-order valence-electron chi connectivity index (χ4n) is 2.49. The Labute approximate surface area is 122 Å². The number of rotatable bonds is 3. The molecule has 0 radical (unpaired) electrons. The molecule has 0 spiro atoms. The predicted molar refractivity (Wildman–Crippen MR) is 84.6 cm³/mol. The molecule has 0 aliphatic heterocycles. The summed E-state index contributed by atoms with van der Waals surface area (Å²) >= 11 is 0. The highest BCUT2D eigenvalue weighted by Crippen LogP contribution is 2.25. The van der Waals surface area contributed by atoms with Crippen molar-refractivity contribution in [1.29, 1.82) is 0 Å². The van der Waals surface area contributed by atoms with Crippen molar-refractivity contribution in [2.24, 2.45) is 0 Å². The van der Waals surface area contributed by atoms with E-state index in [1.165, 1.54) is 0 Å². The fourth-order valence-corrected chi connectivity index (χ4v) is 2.49. The van der Waals surface area contributed by atoms with Crippen LogP contribution in [0, 0.1) is 0 Å². The van der Waals surface area contributed by atoms with Gasteiger partial charge in [-0.3, -0.25) is 0 Å². The molecular weight excluding hydrogens is 264 g/mol. The highest BCUT2D eigenvalue weighted by molar-refractivity contribution is 5.96. The highest BCUT2D eigenvalue weighted by atomic mass is 16.4. The second-order valence-corrected chi connectivity index (χ2v) is 5.14. The summed E-state index contributed by atoms with van der Waals surface area (Å²) in [5.74, 6) is -0.928. The van der Waals surface area contributed by atoms with Crippen molar-refractivity contribution in [3.63, 3.8) is 0 Å². The zero-order chi connectivity index (χ0) is 15.0. The molecule has 0 saturated carbocycles. The number of aromatic carboxylic acids is 1. The average Bonchev–Trinajstić information content (AvgIpc) is 2.87. The molecule has 0 amide bonds. The Morgan fingerprint density at radius 2 is 1.71 bits per heavy atom. The summed E-state index contributed by atoms with van der Waals surface area (Å²) < 4.78 is 1.77. The average molecular weight is 280 g/mol. The van der Waals surface area contributed by atoms with E-state index < -0.39 is 5.97 Å². The van der Waals surface area contributed by atoms with Gasteiger partial charge in [-0.15, -0.1) is 0 Å². The second-order valence-electron chi connectivity index (χ2n) is 5.14. The van der Waals surface area contributed by atoms with E-state index in [0.717, 1.165) is 22.3 Å². The van der Waals surface area contributed by atoms with Gasteiger partial charge in [0.1, 0.15) is 5.69 Å². The van der Waals surface area contributed by atoms with E-state index in [1.54, 1.807) is 10.6 Å². The highest BCUT2D eigenvalue weighted by Gasteiger charge is 2.15. The first kappa shape index (κ1) is 13.2. The molecule has 0 atom stereocenters. The van der Waals surface area contributed by atoms with E-state index in [-0.39, 0.29) is 5.69 Å². The Morgan fingerprint density at radius 1 is 1.05 bits per heavy atom. The molecule has 0 fully saturated rings. The summed E-state index contributed by atoms with van der Waals surface area (Å²) in [5.41, 5.74) is 3.09. The molecule has 3 rings (SSSR count). The maximum absolute atomic E-state index is 11.5. The molecule has 106 valence electrons. The summed E-state index contributed by atoms with van der Waals surface area (Å²) in [6, 6.07) is 17.2. The number of benzene rings is 2. The lowest BCUT2D eigenvalue weighted by molar-refractivity contribution is 0.0688. The van der Waals surface area contributed by atoms with Crippen LogP contribution >= 0.6 is 0 Å². The van der Waals surface area contributed by atoms with Crippen molar-refractivity contribution in [3.05, 3.63) is 60.3 Å². The normalized spacial score (nSPS) is 10.8. The summed E-state index contributed by atoms with van der Waals surface area (Å²) in [5, 5.41) is 10.4. The monoisotopic (exact) mass is 280 g/mol. The number of para-hydroxylation sites is 1. The smallest absolute Gasteiger partial charge is 0.352 e. The lowest BCUT2D eigenvalue weighted by Crippen LogP contribution is -2.09. The van der Waals surface area contributed by atoms with E-state index in [4.69, 9.17) is 0 Å². The van der Waals surface area contributed by atoms with Crippen molar-refractivity contribution in [2.75, 3.05) is 19.0 Å². The van der Waals surface area contributed by atoms with Crippen LogP contribution in [-0.2, 0) is 0 Å². The second kappa shape index (κ2) is 4.98. The third-order valence-corrected chi connectivity index (χ3v) is 3.55. The van der Waals surface area contributed by atoms with Gasteiger partial charge in [0, 0.05) is 30.9 Å².